The molecule has 0 radical (unpaired) electrons. The lowest BCUT2D eigenvalue weighted by molar-refractivity contribution is 0.159. The Morgan fingerprint density at radius 2 is 1.71 bits per heavy atom. The van der Waals surface area contributed by atoms with Crippen LogP contribution in [0.5, 0.6) is 5.75 Å². The molecule has 17 nitrogen and oxygen atoms in total. The number of anilines is 3. The molecule has 0 amide bonds. The first-order valence-corrected chi connectivity index (χ1v) is 19.0. The first kappa shape index (κ1) is 37.4. The van der Waals surface area contributed by atoms with Crippen LogP contribution in [0.1, 0.15) is 5.56 Å². The van der Waals surface area contributed by atoms with E-state index in [2.05, 4.69) is 42.4 Å². The van der Waals surface area contributed by atoms with Crippen LogP contribution in [0.15, 0.2) is 87.5 Å². The van der Waals surface area contributed by atoms with Gasteiger partial charge in [-0.15, -0.1) is 10.2 Å². The fourth-order valence-corrected chi connectivity index (χ4v) is 6.92. The number of rotatable bonds is 15. The number of nitrogens with one attached hydrogen (secondary N) is 2. The number of halogens is 1. The Morgan fingerprint density at radius 1 is 0.961 bits per heavy atom. The molecule has 0 aliphatic heterocycles. The average molecular weight is 778 g/mol. The third-order valence-corrected chi connectivity index (χ3v) is 9.77. The number of nitrogens with zero attached hydrogens (tertiary/aromatic N) is 5. The molecule has 1 unspecified atom stereocenters. The Kier molecular flexibility index (Phi) is 11.4. The molecule has 0 saturated heterocycles. The number of ether oxygens (including phenoxy) is 1. The van der Waals surface area contributed by atoms with Crippen LogP contribution in [0.3, 0.4) is 0 Å². The molecule has 1 heterocycles. The van der Waals surface area contributed by atoms with E-state index in [1.54, 1.807) is 24.3 Å². The van der Waals surface area contributed by atoms with Gasteiger partial charge in [0, 0.05) is 17.3 Å². The maximum Gasteiger partial charge on any atom is 0.297 e. The Hall–Kier alpha value is -4.83. The smallest absolute Gasteiger partial charge is 0.297 e. The number of hydrogen-bond acceptors (Lipinski definition) is 15. The molecule has 51 heavy (non-hydrogen) atoms. The molecular formula is C30H28ClN7O10S3. The van der Waals surface area contributed by atoms with E-state index in [1.165, 1.54) is 25.1 Å². The molecule has 0 fully saturated rings. The van der Waals surface area contributed by atoms with E-state index in [4.69, 9.17) is 20.5 Å². The van der Waals surface area contributed by atoms with Gasteiger partial charge in [0.15, 0.2) is 5.75 Å². The normalized spacial score (nSPS) is 12.7. The van der Waals surface area contributed by atoms with Crippen LogP contribution >= 0.6 is 11.6 Å². The number of phenols is 1. The largest absolute Gasteiger partial charge is 0.505 e. The van der Waals surface area contributed by atoms with Gasteiger partial charge in [-0.2, -0.15) is 31.8 Å². The van der Waals surface area contributed by atoms with E-state index < -0.39 is 46.9 Å². The first-order valence-electron chi connectivity index (χ1n) is 14.5. The SMILES string of the molecule is C=COS(=O)CCOCCNc1nc(Cl)nc(Nc2cc(S(=O)(=O)O)cc3cc(C)c(N=Nc4ccc5ccccc5c4S(=O)(=O)O)c(O)c23)n1. The summed E-state index contributed by atoms with van der Waals surface area (Å²) in [6.45, 7) is 5.35. The number of azo groups is 1. The zero-order chi connectivity index (χ0) is 36.9. The van der Waals surface area contributed by atoms with Crippen LogP contribution in [0.25, 0.3) is 21.5 Å². The molecule has 5 aromatic rings. The van der Waals surface area contributed by atoms with Crippen LogP contribution < -0.4 is 10.6 Å². The van der Waals surface area contributed by atoms with Crippen LogP contribution in [0.2, 0.25) is 5.28 Å². The molecule has 5 rings (SSSR count). The average Bonchev–Trinajstić information content (AvgIpc) is 3.04. The van der Waals surface area contributed by atoms with Crippen molar-refractivity contribution >= 4 is 93.4 Å². The summed E-state index contributed by atoms with van der Waals surface area (Å²) in [6.07, 6.45) is 1.07. The highest BCUT2D eigenvalue weighted by Crippen LogP contribution is 2.44. The van der Waals surface area contributed by atoms with Crippen molar-refractivity contribution in [2.45, 2.75) is 16.7 Å². The highest BCUT2D eigenvalue weighted by Gasteiger charge is 2.22. The van der Waals surface area contributed by atoms with Gasteiger partial charge in [0.25, 0.3) is 20.2 Å². The third-order valence-electron chi connectivity index (χ3n) is 6.98. The van der Waals surface area contributed by atoms with Gasteiger partial charge in [-0.05, 0) is 59.1 Å². The van der Waals surface area contributed by atoms with Crippen molar-refractivity contribution in [1.29, 1.82) is 0 Å². The third kappa shape index (κ3) is 9.10. The van der Waals surface area contributed by atoms with Gasteiger partial charge in [-0.1, -0.05) is 36.9 Å². The molecule has 4 aromatic carbocycles. The lowest BCUT2D eigenvalue weighted by Gasteiger charge is -2.15. The maximum absolute atomic E-state index is 12.4. The Bertz CT molecular complexity index is 2430. The van der Waals surface area contributed by atoms with Crippen LogP contribution in [0.4, 0.5) is 29.0 Å². The summed E-state index contributed by atoms with van der Waals surface area (Å²) < 4.78 is 90.7. The number of fused-ring (bicyclic) bond motifs is 2. The standard InChI is InChI=1S/C30H28ClN7O10S3/c1-3-48-49(40)13-12-47-11-10-32-29-34-28(31)35-30(36-29)33-23-16-20(50(41,42)43)15-19-14-17(2)25(26(39)24(19)23)38-37-22-9-8-18-6-4-5-7-21(18)27(22)51(44,45)46/h3-9,14-16,39H,1,10-13H2,2H3,(H,41,42,43)(H,44,45,46)(H2,32,33,34,35,36). The van der Waals surface area contributed by atoms with Crippen LogP contribution in [-0.2, 0) is 40.2 Å². The van der Waals surface area contributed by atoms with Crippen LogP contribution in [-0.4, -0.2) is 75.7 Å². The highest BCUT2D eigenvalue weighted by atomic mass is 35.5. The zero-order valence-corrected chi connectivity index (χ0v) is 29.6. The molecule has 21 heteroatoms. The lowest BCUT2D eigenvalue weighted by atomic mass is 10.0. The Morgan fingerprint density at radius 3 is 2.43 bits per heavy atom. The maximum atomic E-state index is 12.4. The Balaban J connectivity index is 1.50. The second-order valence-electron chi connectivity index (χ2n) is 10.4. The van der Waals surface area contributed by atoms with E-state index in [1.807, 2.05) is 0 Å². The predicted molar refractivity (Wildman–Crippen MR) is 190 cm³/mol. The van der Waals surface area contributed by atoms with E-state index in [9.17, 15) is 35.3 Å². The zero-order valence-electron chi connectivity index (χ0n) is 26.3. The predicted octanol–water partition coefficient (Wildman–Crippen LogP) is 5.75. The summed E-state index contributed by atoms with van der Waals surface area (Å²) in [5, 5.41) is 25.9. The van der Waals surface area contributed by atoms with E-state index in [0.29, 0.717) is 5.39 Å². The number of phenolic OH excluding ortho intramolecular Hbond substituents is 1. The fourth-order valence-electron chi connectivity index (χ4n) is 4.87. The van der Waals surface area contributed by atoms with Gasteiger partial charge < -0.3 is 24.7 Å². The van der Waals surface area contributed by atoms with Crippen molar-refractivity contribution < 1.29 is 44.2 Å². The monoisotopic (exact) mass is 777 g/mol. The topological polar surface area (TPSA) is 252 Å². The minimum Gasteiger partial charge on any atom is -0.505 e. The van der Waals surface area contributed by atoms with Gasteiger partial charge in [0.05, 0.1) is 35.8 Å². The van der Waals surface area contributed by atoms with Crippen molar-refractivity contribution in [2.75, 3.05) is 36.1 Å². The molecule has 0 bridgehead atoms. The van der Waals surface area contributed by atoms with Gasteiger partial charge >= 0.3 is 0 Å². The second kappa shape index (κ2) is 15.6. The number of benzene rings is 4. The number of aryl methyl sites for hydroxylation is 1. The van der Waals surface area contributed by atoms with Gasteiger partial charge in [0.1, 0.15) is 16.3 Å². The molecule has 5 N–H and O–H groups in total. The molecule has 1 atom stereocenters. The van der Waals surface area contributed by atoms with Crippen molar-refractivity contribution in [3.05, 3.63) is 78.3 Å². The molecule has 0 saturated carbocycles. The van der Waals surface area contributed by atoms with Crippen molar-refractivity contribution in [3.63, 3.8) is 0 Å². The number of aromatic hydroxyl groups is 1. The minimum absolute atomic E-state index is 0.00510. The molecular weight excluding hydrogens is 750 g/mol. The van der Waals surface area contributed by atoms with Gasteiger partial charge in [-0.25, -0.2) is 4.21 Å². The van der Waals surface area contributed by atoms with Gasteiger partial charge in [0.2, 0.25) is 28.3 Å². The van der Waals surface area contributed by atoms with Crippen molar-refractivity contribution in [2.24, 2.45) is 10.2 Å². The molecule has 0 aliphatic rings. The lowest BCUT2D eigenvalue weighted by Crippen LogP contribution is -2.15. The molecule has 0 spiro atoms. The quantitative estimate of drug-likeness (QED) is 0.0367. The fraction of sp³-hybridized carbons (Fsp3) is 0.167. The number of aromatic nitrogens is 3. The molecule has 1 aromatic heterocycles. The van der Waals surface area contributed by atoms with E-state index >= 15 is 0 Å². The molecule has 268 valence electrons. The summed E-state index contributed by atoms with van der Waals surface area (Å²) in [5.74, 6) is -0.586. The highest BCUT2D eigenvalue weighted by molar-refractivity contribution is 7.86. The summed E-state index contributed by atoms with van der Waals surface area (Å²) in [4.78, 5) is 11.2. The van der Waals surface area contributed by atoms with Crippen LogP contribution in [0, 0.1) is 6.92 Å². The van der Waals surface area contributed by atoms with Crippen molar-refractivity contribution in [1.82, 2.24) is 15.0 Å². The summed E-state index contributed by atoms with van der Waals surface area (Å²) in [7, 11) is -9.52. The minimum atomic E-state index is -4.77. The first-order chi connectivity index (χ1) is 24.2. The summed E-state index contributed by atoms with van der Waals surface area (Å²) in [5.41, 5.74) is -0.162. The van der Waals surface area contributed by atoms with E-state index in [-0.39, 0.29) is 81.5 Å². The summed E-state index contributed by atoms with van der Waals surface area (Å²) in [6, 6.07) is 13.0. The van der Waals surface area contributed by atoms with Gasteiger partial charge in [-0.3, -0.25) is 9.11 Å². The van der Waals surface area contributed by atoms with Crippen molar-refractivity contribution in [3.8, 4) is 5.75 Å². The molecule has 0 aliphatic carbocycles. The summed E-state index contributed by atoms with van der Waals surface area (Å²) >= 11 is 4.56. The second-order valence-corrected chi connectivity index (χ2v) is 14.8. The number of hydrogen-bond donors (Lipinski definition) is 5. The Labute approximate surface area is 298 Å². The van der Waals surface area contributed by atoms with E-state index in [0.717, 1.165) is 18.4 Å².